The van der Waals surface area contributed by atoms with E-state index in [0.29, 0.717) is 10.2 Å². The molecule has 2 atom stereocenters. The number of aromatic nitrogens is 3. The van der Waals surface area contributed by atoms with Crippen molar-refractivity contribution in [3.8, 4) is 0 Å². The van der Waals surface area contributed by atoms with Gasteiger partial charge < -0.3 is 10.7 Å². The van der Waals surface area contributed by atoms with Crippen LogP contribution in [0.25, 0.3) is 0 Å². The van der Waals surface area contributed by atoms with Crippen LogP contribution in [0.15, 0.2) is 53.7 Å². The van der Waals surface area contributed by atoms with Crippen molar-refractivity contribution in [3.05, 3.63) is 70.5 Å². The molecule has 1 aliphatic heterocycles. The van der Waals surface area contributed by atoms with Gasteiger partial charge in [0.1, 0.15) is 11.1 Å². The van der Waals surface area contributed by atoms with Gasteiger partial charge in [-0.3, -0.25) is 4.79 Å². The summed E-state index contributed by atoms with van der Waals surface area (Å²) in [5, 5.41) is 12.3. The molecule has 0 saturated carbocycles. The summed E-state index contributed by atoms with van der Waals surface area (Å²) in [6.07, 6.45) is 0.848. The van der Waals surface area contributed by atoms with Crippen LogP contribution in [0.5, 0.6) is 0 Å². The molecule has 0 saturated heterocycles. The van der Waals surface area contributed by atoms with Gasteiger partial charge in [0.15, 0.2) is 0 Å². The van der Waals surface area contributed by atoms with Crippen LogP contribution in [0.3, 0.4) is 0 Å². The van der Waals surface area contributed by atoms with E-state index in [-0.39, 0.29) is 11.9 Å². The van der Waals surface area contributed by atoms with Crippen LogP contribution < -0.4 is 10.7 Å². The molecular weight excluding hydrogens is 394 g/mol. The number of fused-ring (bicyclic) bond motifs is 1. The van der Waals surface area contributed by atoms with E-state index in [1.807, 2.05) is 60.1 Å². The Hall–Kier alpha value is -2.51. The number of benzene rings is 2. The summed E-state index contributed by atoms with van der Waals surface area (Å²) >= 11 is 7.46. The van der Waals surface area contributed by atoms with Gasteiger partial charge in [-0.2, -0.15) is 0 Å². The van der Waals surface area contributed by atoms with Gasteiger partial charge in [-0.1, -0.05) is 60.6 Å². The Labute approximate surface area is 172 Å². The summed E-state index contributed by atoms with van der Waals surface area (Å²) in [6.45, 7) is 3.95. The van der Waals surface area contributed by atoms with Gasteiger partial charge in [0.2, 0.25) is 11.1 Å². The molecule has 0 bridgehead atoms. The normalized spacial score (nSPS) is 18.2. The SMILES string of the molecule is CCc1ccccc1NC(=O)[C@@H]1Sc2nnc(C)n2N[C@H]1c1ccc(Cl)cc1. The van der Waals surface area contributed by atoms with E-state index in [1.54, 1.807) is 0 Å². The lowest BCUT2D eigenvalue weighted by molar-refractivity contribution is -0.116. The molecule has 3 aromatic rings. The topological polar surface area (TPSA) is 71.8 Å². The van der Waals surface area contributed by atoms with E-state index in [1.165, 1.54) is 11.8 Å². The molecule has 6 nitrogen and oxygen atoms in total. The number of nitrogens with zero attached hydrogens (tertiary/aromatic N) is 3. The summed E-state index contributed by atoms with van der Waals surface area (Å²) in [5.41, 5.74) is 6.31. The predicted molar refractivity (Wildman–Crippen MR) is 112 cm³/mol. The number of nitrogens with one attached hydrogen (secondary N) is 2. The second-order valence-electron chi connectivity index (χ2n) is 6.56. The van der Waals surface area contributed by atoms with E-state index in [2.05, 4.69) is 27.9 Å². The maximum Gasteiger partial charge on any atom is 0.240 e. The summed E-state index contributed by atoms with van der Waals surface area (Å²) in [4.78, 5) is 13.2. The van der Waals surface area contributed by atoms with Crippen molar-refractivity contribution < 1.29 is 4.79 Å². The lowest BCUT2D eigenvalue weighted by Crippen LogP contribution is -2.41. The maximum absolute atomic E-state index is 13.2. The molecule has 0 fully saturated rings. The first-order valence-corrected chi connectivity index (χ1v) is 10.3. The number of aryl methyl sites for hydroxylation is 2. The zero-order valence-corrected chi connectivity index (χ0v) is 17.1. The number of rotatable bonds is 4. The van der Waals surface area contributed by atoms with Crippen molar-refractivity contribution in [1.82, 2.24) is 14.9 Å². The third-order valence-corrected chi connectivity index (χ3v) is 6.21. The number of amides is 1. The summed E-state index contributed by atoms with van der Waals surface area (Å²) < 4.78 is 1.83. The van der Waals surface area contributed by atoms with Gasteiger partial charge in [0.25, 0.3) is 0 Å². The van der Waals surface area contributed by atoms with Crippen molar-refractivity contribution in [2.75, 3.05) is 10.7 Å². The quantitative estimate of drug-likeness (QED) is 0.670. The van der Waals surface area contributed by atoms with Crippen molar-refractivity contribution >= 4 is 35.0 Å². The molecule has 2 heterocycles. The molecule has 1 aromatic heterocycles. The average Bonchev–Trinajstić information content (AvgIpc) is 3.08. The van der Waals surface area contributed by atoms with Crippen LogP contribution in [-0.2, 0) is 11.2 Å². The second kappa shape index (κ2) is 7.85. The Kier molecular flexibility index (Phi) is 5.28. The summed E-state index contributed by atoms with van der Waals surface area (Å²) in [6, 6.07) is 15.2. The molecule has 1 aliphatic rings. The van der Waals surface area contributed by atoms with Crippen LogP contribution in [0, 0.1) is 6.92 Å². The standard InChI is InChI=1S/C20H20ClN5OS/c1-3-13-6-4-5-7-16(13)22-19(27)18-17(14-8-10-15(21)11-9-14)25-26-12(2)23-24-20(26)28-18/h4-11,17-18,25H,3H2,1-2H3,(H,22,27)/t17-,18+/m0/s1. The highest BCUT2D eigenvalue weighted by molar-refractivity contribution is 8.00. The van der Waals surface area contributed by atoms with Gasteiger partial charge in [-0.25, -0.2) is 4.68 Å². The highest BCUT2D eigenvalue weighted by atomic mass is 35.5. The smallest absolute Gasteiger partial charge is 0.240 e. The minimum Gasteiger partial charge on any atom is -0.325 e. The van der Waals surface area contributed by atoms with Gasteiger partial charge >= 0.3 is 0 Å². The molecule has 2 N–H and O–H groups in total. The van der Waals surface area contributed by atoms with E-state index >= 15 is 0 Å². The van der Waals surface area contributed by atoms with Crippen molar-refractivity contribution in [2.45, 2.75) is 36.7 Å². The van der Waals surface area contributed by atoms with Crippen LogP contribution >= 0.6 is 23.4 Å². The fourth-order valence-electron chi connectivity index (χ4n) is 3.24. The molecule has 0 spiro atoms. The van der Waals surface area contributed by atoms with Crippen LogP contribution in [0.2, 0.25) is 5.02 Å². The highest BCUT2D eigenvalue weighted by Crippen LogP contribution is 2.37. The Balaban J connectivity index is 1.67. The molecule has 28 heavy (non-hydrogen) atoms. The Morgan fingerprint density at radius 1 is 1.21 bits per heavy atom. The zero-order chi connectivity index (χ0) is 19.7. The Bertz CT molecular complexity index is 1000. The number of carbonyl (C=O) groups excluding carboxylic acids is 1. The van der Waals surface area contributed by atoms with E-state index in [9.17, 15) is 4.79 Å². The highest BCUT2D eigenvalue weighted by Gasteiger charge is 2.37. The lowest BCUT2D eigenvalue weighted by atomic mass is 10.0. The molecule has 1 amide bonds. The third kappa shape index (κ3) is 3.59. The molecule has 8 heteroatoms. The van der Waals surface area contributed by atoms with Crippen molar-refractivity contribution in [1.29, 1.82) is 0 Å². The summed E-state index contributed by atoms with van der Waals surface area (Å²) in [7, 11) is 0. The zero-order valence-electron chi connectivity index (χ0n) is 15.5. The van der Waals surface area contributed by atoms with E-state index in [0.717, 1.165) is 29.1 Å². The van der Waals surface area contributed by atoms with Gasteiger partial charge in [-0.05, 0) is 42.7 Å². The first-order chi connectivity index (χ1) is 13.6. The number of hydrogen-bond acceptors (Lipinski definition) is 5. The number of hydrogen-bond donors (Lipinski definition) is 2. The van der Waals surface area contributed by atoms with Crippen LogP contribution in [0.4, 0.5) is 5.69 Å². The number of thioether (sulfide) groups is 1. The number of halogens is 1. The Morgan fingerprint density at radius 3 is 2.71 bits per heavy atom. The molecule has 2 aromatic carbocycles. The number of carbonyl (C=O) groups is 1. The first-order valence-electron chi connectivity index (χ1n) is 9.06. The van der Waals surface area contributed by atoms with E-state index < -0.39 is 5.25 Å². The second-order valence-corrected chi connectivity index (χ2v) is 8.11. The Morgan fingerprint density at radius 2 is 1.96 bits per heavy atom. The molecule has 4 rings (SSSR count). The number of anilines is 1. The van der Waals surface area contributed by atoms with Gasteiger partial charge in [0, 0.05) is 10.7 Å². The third-order valence-electron chi connectivity index (χ3n) is 4.74. The monoisotopic (exact) mass is 413 g/mol. The minimum atomic E-state index is -0.415. The molecule has 144 valence electrons. The molecule has 0 unspecified atom stereocenters. The average molecular weight is 414 g/mol. The van der Waals surface area contributed by atoms with E-state index in [4.69, 9.17) is 11.6 Å². The minimum absolute atomic E-state index is 0.0785. The van der Waals surface area contributed by atoms with Crippen molar-refractivity contribution in [3.63, 3.8) is 0 Å². The van der Waals surface area contributed by atoms with Crippen LogP contribution in [0.1, 0.15) is 29.9 Å². The number of para-hydroxylation sites is 1. The maximum atomic E-state index is 13.2. The van der Waals surface area contributed by atoms with Crippen LogP contribution in [-0.4, -0.2) is 26.0 Å². The first kappa shape index (κ1) is 18.8. The lowest BCUT2D eigenvalue weighted by Gasteiger charge is -2.33. The molecular formula is C20H20ClN5OS. The van der Waals surface area contributed by atoms with Gasteiger partial charge in [0.05, 0.1) is 6.04 Å². The van der Waals surface area contributed by atoms with Gasteiger partial charge in [-0.15, -0.1) is 10.2 Å². The molecule has 0 aliphatic carbocycles. The predicted octanol–water partition coefficient (Wildman–Crippen LogP) is 4.20. The largest absolute Gasteiger partial charge is 0.325 e. The molecule has 0 radical (unpaired) electrons. The van der Waals surface area contributed by atoms with Crippen molar-refractivity contribution in [2.24, 2.45) is 0 Å². The summed E-state index contributed by atoms with van der Waals surface area (Å²) in [5.74, 6) is 0.668. The fraction of sp³-hybridized carbons (Fsp3) is 0.250. The fourth-order valence-corrected chi connectivity index (χ4v) is 4.49.